The van der Waals surface area contributed by atoms with Gasteiger partial charge in [-0.05, 0) is 23.3 Å². The van der Waals surface area contributed by atoms with Crippen LogP contribution in [-0.2, 0) is 18.0 Å². The predicted molar refractivity (Wildman–Crippen MR) is 61.4 cm³/mol. The molecule has 2 aromatic rings. The highest BCUT2D eigenvalue weighted by molar-refractivity contribution is 5.78. The van der Waals surface area contributed by atoms with Gasteiger partial charge >= 0.3 is 0 Å². The summed E-state index contributed by atoms with van der Waals surface area (Å²) < 4.78 is 15.6. The molecule has 0 amide bonds. The Kier molecular flexibility index (Phi) is 2.26. The van der Waals surface area contributed by atoms with Crippen LogP contribution < -0.4 is 10.5 Å². The Hall–Kier alpha value is -2.01. The van der Waals surface area contributed by atoms with Gasteiger partial charge in [-0.3, -0.25) is 0 Å². The SMILES string of the molecule is COc1cc2c(cc1-c1cnoc1N)COC2. The molecule has 88 valence electrons. The molecule has 5 nitrogen and oxygen atoms in total. The third kappa shape index (κ3) is 1.55. The van der Waals surface area contributed by atoms with E-state index in [-0.39, 0.29) is 0 Å². The van der Waals surface area contributed by atoms with Gasteiger partial charge in [-0.25, -0.2) is 0 Å². The van der Waals surface area contributed by atoms with Gasteiger partial charge in [-0.1, -0.05) is 5.16 Å². The number of rotatable bonds is 2. The van der Waals surface area contributed by atoms with Crippen molar-refractivity contribution < 1.29 is 14.0 Å². The number of anilines is 1. The molecular formula is C12H12N2O3. The van der Waals surface area contributed by atoms with E-state index in [4.69, 9.17) is 19.7 Å². The van der Waals surface area contributed by atoms with Crippen molar-refractivity contribution in [1.29, 1.82) is 0 Å². The first-order valence-electron chi connectivity index (χ1n) is 5.27. The Bertz CT molecular complexity index is 563. The van der Waals surface area contributed by atoms with E-state index < -0.39 is 0 Å². The van der Waals surface area contributed by atoms with Gasteiger partial charge in [-0.2, -0.15) is 0 Å². The molecule has 1 aliphatic rings. The lowest BCUT2D eigenvalue weighted by molar-refractivity contribution is 0.134. The van der Waals surface area contributed by atoms with Crippen molar-refractivity contribution in [1.82, 2.24) is 5.16 Å². The Morgan fingerprint density at radius 3 is 2.65 bits per heavy atom. The monoisotopic (exact) mass is 232 g/mol. The van der Waals surface area contributed by atoms with Crippen molar-refractivity contribution >= 4 is 5.88 Å². The molecule has 17 heavy (non-hydrogen) atoms. The molecule has 0 saturated heterocycles. The zero-order valence-electron chi connectivity index (χ0n) is 9.40. The molecule has 0 aliphatic carbocycles. The minimum absolute atomic E-state index is 0.294. The summed E-state index contributed by atoms with van der Waals surface area (Å²) in [6, 6.07) is 3.99. The highest BCUT2D eigenvalue weighted by Crippen LogP contribution is 2.37. The third-order valence-electron chi connectivity index (χ3n) is 2.93. The van der Waals surface area contributed by atoms with Gasteiger partial charge in [0.2, 0.25) is 5.88 Å². The van der Waals surface area contributed by atoms with Crippen LogP contribution in [0.5, 0.6) is 5.75 Å². The van der Waals surface area contributed by atoms with E-state index in [0.717, 1.165) is 28.0 Å². The molecule has 2 heterocycles. The Balaban J connectivity index is 2.19. The van der Waals surface area contributed by atoms with E-state index in [1.165, 1.54) is 0 Å². The molecule has 1 aromatic carbocycles. The number of ether oxygens (including phenoxy) is 2. The summed E-state index contributed by atoms with van der Waals surface area (Å²) >= 11 is 0. The van der Waals surface area contributed by atoms with Crippen molar-refractivity contribution in [3.63, 3.8) is 0 Å². The first-order valence-corrected chi connectivity index (χ1v) is 5.27. The molecule has 1 aromatic heterocycles. The van der Waals surface area contributed by atoms with Crippen molar-refractivity contribution in [3.05, 3.63) is 29.5 Å². The highest BCUT2D eigenvalue weighted by Gasteiger charge is 2.19. The van der Waals surface area contributed by atoms with Crippen LogP contribution >= 0.6 is 0 Å². The summed E-state index contributed by atoms with van der Waals surface area (Å²) in [6.07, 6.45) is 1.59. The molecule has 0 bridgehead atoms. The quantitative estimate of drug-likeness (QED) is 0.857. The topological polar surface area (TPSA) is 70.5 Å². The van der Waals surface area contributed by atoms with Crippen LogP contribution in [0.3, 0.4) is 0 Å². The van der Waals surface area contributed by atoms with E-state index in [1.807, 2.05) is 12.1 Å². The van der Waals surface area contributed by atoms with E-state index in [2.05, 4.69) is 5.16 Å². The summed E-state index contributed by atoms with van der Waals surface area (Å²) in [7, 11) is 1.63. The summed E-state index contributed by atoms with van der Waals surface area (Å²) in [5, 5.41) is 3.68. The molecular weight excluding hydrogens is 220 g/mol. The maximum Gasteiger partial charge on any atom is 0.230 e. The minimum Gasteiger partial charge on any atom is -0.496 e. The van der Waals surface area contributed by atoms with Crippen molar-refractivity contribution in [2.45, 2.75) is 13.2 Å². The average molecular weight is 232 g/mol. The van der Waals surface area contributed by atoms with Gasteiger partial charge in [0.05, 0.1) is 32.1 Å². The van der Waals surface area contributed by atoms with Crippen molar-refractivity contribution in [2.75, 3.05) is 12.8 Å². The summed E-state index contributed by atoms with van der Waals surface area (Å²) in [5.41, 5.74) is 9.66. The number of aromatic nitrogens is 1. The fourth-order valence-corrected chi connectivity index (χ4v) is 2.04. The van der Waals surface area contributed by atoms with Crippen LogP contribution in [0.1, 0.15) is 11.1 Å². The number of nitrogens with zero attached hydrogens (tertiary/aromatic N) is 1. The van der Waals surface area contributed by atoms with Crippen LogP contribution in [-0.4, -0.2) is 12.3 Å². The number of fused-ring (bicyclic) bond motifs is 1. The molecule has 0 saturated carbocycles. The van der Waals surface area contributed by atoms with Crippen LogP contribution in [0.2, 0.25) is 0 Å². The normalized spacial score (nSPS) is 13.7. The molecule has 1 aliphatic heterocycles. The molecule has 2 N–H and O–H groups in total. The lowest BCUT2D eigenvalue weighted by atomic mass is 10.0. The maximum atomic E-state index is 5.73. The minimum atomic E-state index is 0.294. The molecule has 0 unspecified atom stereocenters. The fourth-order valence-electron chi connectivity index (χ4n) is 2.04. The van der Waals surface area contributed by atoms with Gasteiger partial charge in [0.15, 0.2) is 0 Å². The van der Waals surface area contributed by atoms with Crippen LogP contribution in [0, 0.1) is 0 Å². The lowest BCUT2D eigenvalue weighted by Gasteiger charge is -2.09. The molecule has 0 spiro atoms. The van der Waals surface area contributed by atoms with Gasteiger partial charge in [0, 0.05) is 5.56 Å². The second kappa shape index (κ2) is 3.78. The maximum absolute atomic E-state index is 5.73. The first kappa shape index (κ1) is 10.2. The molecule has 0 fully saturated rings. The van der Waals surface area contributed by atoms with E-state index in [0.29, 0.717) is 19.1 Å². The number of nitrogens with two attached hydrogens (primary N) is 1. The second-order valence-electron chi connectivity index (χ2n) is 3.92. The Labute approximate surface area is 98.1 Å². The van der Waals surface area contributed by atoms with E-state index in [9.17, 15) is 0 Å². The van der Waals surface area contributed by atoms with Crippen molar-refractivity contribution in [2.24, 2.45) is 0 Å². The standard InChI is InChI=1S/C12H12N2O3/c1-15-11-3-8-6-16-5-7(8)2-9(11)10-4-14-17-12(10)13/h2-4H,5-6,13H2,1H3. The van der Waals surface area contributed by atoms with Crippen LogP contribution in [0.25, 0.3) is 11.1 Å². The number of methoxy groups -OCH3 is 1. The number of nitrogen functional groups attached to an aromatic ring is 1. The summed E-state index contributed by atoms with van der Waals surface area (Å²) in [6.45, 7) is 1.25. The first-order chi connectivity index (χ1) is 8.29. The van der Waals surface area contributed by atoms with Gasteiger partial charge in [0.25, 0.3) is 0 Å². The van der Waals surface area contributed by atoms with Crippen LogP contribution in [0.4, 0.5) is 5.88 Å². The Morgan fingerprint density at radius 1 is 1.24 bits per heavy atom. The van der Waals surface area contributed by atoms with Gasteiger partial charge < -0.3 is 19.7 Å². The number of hydrogen-bond donors (Lipinski definition) is 1. The van der Waals surface area contributed by atoms with Crippen LogP contribution in [0.15, 0.2) is 22.9 Å². The largest absolute Gasteiger partial charge is 0.496 e. The van der Waals surface area contributed by atoms with Gasteiger partial charge in [-0.15, -0.1) is 0 Å². The number of hydrogen-bond acceptors (Lipinski definition) is 5. The van der Waals surface area contributed by atoms with Crippen molar-refractivity contribution in [3.8, 4) is 16.9 Å². The highest BCUT2D eigenvalue weighted by atomic mass is 16.5. The molecule has 0 radical (unpaired) electrons. The molecule has 5 heteroatoms. The van der Waals surface area contributed by atoms with E-state index >= 15 is 0 Å². The summed E-state index contributed by atoms with van der Waals surface area (Å²) in [4.78, 5) is 0. The zero-order valence-corrected chi connectivity index (χ0v) is 9.40. The molecule has 0 atom stereocenters. The molecule has 3 rings (SSSR count). The second-order valence-corrected chi connectivity index (χ2v) is 3.92. The van der Waals surface area contributed by atoms with E-state index in [1.54, 1.807) is 13.3 Å². The average Bonchev–Trinajstić information content (AvgIpc) is 2.94. The zero-order chi connectivity index (χ0) is 11.8. The smallest absolute Gasteiger partial charge is 0.230 e. The third-order valence-corrected chi connectivity index (χ3v) is 2.93. The predicted octanol–water partition coefficient (Wildman–Crippen LogP) is 1.96. The van der Waals surface area contributed by atoms with Gasteiger partial charge in [0.1, 0.15) is 5.75 Å². The summed E-state index contributed by atoms with van der Waals surface area (Å²) in [5.74, 6) is 1.05. The Morgan fingerprint density at radius 2 is 2.00 bits per heavy atom. The fraction of sp³-hybridized carbons (Fsp3) is 0.250. The number of benzene rings is 1. The lowest BCUT2D eigenvalue weighted by Crippen LogP contribution is -1.93.